The first-order valence-electron chi connectivity index (χ1n) is 13.8. The highest BCUT2D eigenvalue weighted by atomic mass is 35.5. The van der Waals surface area contributed by atoms with Gasteiger partial charge in [0.2, 0.25) is 5.91 Å². The van der Waals surface area contributed by atoms with Crippen molar-refractivity contribution in [3.05, 3.63) is 58.1 Å². The van der Waals surface area contributed by atoms with E-state index in [0.29, 0.717) is 28.3 Å². The second kappa shape index (κ2) is 12.5. The minimum atomic E-state index is -1.04. The number of aryl methyl sites for hydroxylation is 2. The molecule has 2 aromatic carbocycles. The molecule has 40 heavy (non-hydrogen) atoms. The third-order valence-corrected chi connectivity index (χ3v) is 7.68. The van der Waals surface area contributed by atoms with Gasteiger partial charge in [-0.2, -0.15) is 0 Å². The SMILES string of the molecule is CCC(C)C(NC(=O)OC(C)(C)C)C(=O)N(C(C(=O)Nc1c(C)cccc1Cl)c1ccc(O)c(C)c1)C1CC1C. The molecule has 9 heteroatoms. The maximum absolute atomic E-state index is 14.4. The summed E-state index contributed by atoms with van der Waals surface area (Å²) in [5.74, 6) is -0.775. The molecule has 5 atom stereocenters. The van der Waals surface area contributed by atoms with E-state index in [4.69, 9.17) is 16.3 Å². The predicted molar refractivity (Wildman–Crippen MR) is 157 cm³/mol. The van der Waals surface area contributed by atoms with Gasteiger partial charge in [-0.3, -0.25) is 9.59 Å². The van der Waals surface area contributed by atoms with Crippen molar-refractivity contribution in [2.24, 2.45) is 11.8 Å². The average Bonchev–Trinajstić information content (AvgIpc) is 3.58. The summed E-state index contributed by atoms with van der Waals surface area (Å²) in [4.78, 5) is 43.0. The molecular weight excluding hydrogens is 530 g/mol. The molecule has 2 aromatic rings. The van der Waals surface area contributed by atoms with E-state index >= 15 is 0 Å². The highest BCUT2D eigenvalue weighted by Crippen LogP contribution is 2.42. The highest BCUT2D eigenvalue weighted by molar-refractivity contribution is 6.34. The lowest BCUT2D eigenvalue weighted by Crippen LogP contribution is -2.55. The van der Waals surface area contributed by atoms with Crippen LogP contribution in [0.2, 0.25) is 5.02 Å². The van der Waals surface area contributed by atoms with Crippen molar-refractivity contribution in [1.29, 1.82) is 0 Å². The van der Waals surface area contributed by atoms with Crippen LogP contribution in [0.4, 0.5) is 10.5 Å². The molecule has 0 saturated heterocycles. The summed E-state index contributed by atoms with van der Waals surface area (Å²) >= 11 is 6.44. The third kappa shape index (κ3) is 7.47. The Bertz CT molecular complexity index is 1240. The fourth-order valence-corrected chi connectivity index (χ4v) is 4.99. The zero-order chi connectivity index (χ0) is 29.9. The molecule has 0 radical (unpaired) electrons. The van der Waals surface area contributed by atoms with Crippen molar-refractivity contribution >= 4 is 35.2 Å². The molecule has 3 rings (SSSR count). The molecule has 1 saturated carbocycles. The number of aromatic hydroxyl groups is 1. The van der Waals surface area contributed by atoms with Crippen LogP contribution in [0, 0.1) is 25.7 Å². The Labute approximate surface area is 242 Å². The van der Waals surface area contributed by atoms with Crippen molar-refractivity contribution < 1.29 is 24.2 Å². The van der Waals surface area contributed by atoms with Crippen LogP contribution in [0.15, 0.2) is 36.4 Å². The number of nitrogens with zero attached hydrogens (tertiary/aromatic N) is 1. The van der Waals surface area contributed by atoms with Crippen molar-refractivity contribution in [3.8, 4) is 5.75 Å². The molecule has 1 aliphatic carbocycles. The van der Waals surface area contributed by atoms with Gasteiger partial charge in [0.1, 0.15) is 23.4 Å². The number of rotatable bonds is 9. The third-order valence-electron chi connectivity index (χ3n) is 7.36. The number of nitrogens with one attached hydrogen (secondary N) is 2. The Kier molecular flexibility index (Phi) is 9.77. The fourth-order valence-electron chi connectivity index (χ4n) is 4.72. The zero-order valence-electron chi connectivity index (χ0n) is 24.7. The smallest absolute Gasteiger partial charge is 0.408 e. The van der Waals surface area contributed by atoms with E-state index < -0.39 is 29.7 Å². The Morgan fingerprint density at radius 3 is 2.33 bits per heavy atom. The first kappa shape index (κ1) is 31.3. The van der Waals surface area contributed by atoms with Crippen molar-refractivity contribution in [2.45, 2.75) is 92.0 Å². The Hall–Kier alpha value is -3.26. The summed E-state index contributed by atoms with van der Waals surface area (Å²) in [5, 5.41) is 16.3. The summed E-state index contributed by atoms with van der Waals surface area (Å²) in [5.41, 5.74) is 1.63. The van der Waals surface area contributed by atoms with Gasteiger partial charge >= 0.3 is 6.09 Å². The fraction of sp³-hybridized carbons (Fsp3) is 0.516. The van der Waals surface area contributed by atoms with Gasteiger partial charge in [0.15, 0.2) is 0 Å². The van der Waals surface area contributed by atoms with E-state index in [-0.39, 0.29) is 29.5 Å². The molecule has 0 heterocycles. The molecule has 1 fully saturated rings. The number of benzene rings is 2. The van der Waals surface area contributed by atoms with Crippen molar-refractivity contribution in [3.63, 3.8) is 0 Å². The molecule has 0 aliphatic heterocycles. The van der Waals surface area contributed by atoms with Gasteiger partial charge in [-0.25, -0.2) is 4.79 Å². The molecule has 0 bridgehead atoms. The normalized spacial score (nSPS) is 18.7. The number of hydrogen-bond donors (Lipinski definition) is 3. The van der Waals surface area contributed by atoms with Crippen molar-refractivity contribution in [1.82, 2.24) is 10.2 Å². The molecule has 1 aliphatic rings. The highest BCUT2D eigenvalue weighted by Gasteiger charge is 2.49. The summed E-state index contributed by atoms with van der Waals surface area (Å²) in [7, 11) is 0. The van der Waals surface area contributed by atoms with Crippen LogP contribution in [0.3, 0.4) is 0 Å². The van der Waals surface area contributed by atoms with Gasteiger partial charge in [-0.15, -0.1) is 0 Å². The van der Waals surface area contributed by atoms with Gasteiger partial charge in [-0.1, -0.05) is 57.0 Å². The Balaban J connectivity index is 2.10. The van der Waals surface area contributed by atoms with Crippen LogP contribution < -0.4 is 10.6 Å². The number of carbonyl (C=O) groups is 3. The van der Waals surface area contributed by atoms with Gasteiger partial charge in [0.05, 0.1) is 10.7 Å². The molecule has 3 N–H and O–H groups in total. The first-order chi connectivity index (χ1) is 18.6. The maximum Gasteiger partial charge on any atom is 0.408 e. The second-order valence-corrected chi connectivity index (χ2v) is 12.3. The molecule has 218 valence electrons. The number of carbonyl (C=O) groups excluding carboxylic acids is 3. The van der Waals surface area contributed by atoms with Crippen LogP contribution in [-0.2, 0) is 14.3 Å². The predicted octanol–water partition coefficient (Wildman–Crippen LogP) is 6.52. The Morgan fingerprint density at radius 2 is 1.80 bits per heavy atom. The second-order valence-electron chi connectivity index (χ2n) is 11.9. The zero-order valence-corrected chi connectivity index (χ0v) is 25.4. The molecular formula is C31H42ClN3O5. The van der Waals surface area contributed by atoms with E-state index in [9.17, 15) is 19.5 Å². The number of phenolic OH excluding ortho intramolecular Hbond substituents is 1. The number of anilines is 1. The van der Waals surface area contributed by atoms with E-state index in [0.717, 1.165) is 12.0 Å². The molecule has 0 spiro atoms. The maximum atomic E-state index is 14.4. The number of amides is 3. The minimum Gasteiger partial charge on any atom is -0.508 e. The lowest BCUT2D eigenvalue weighted by atomic mass is 9.95. The standard InChI is InChI=1S/C31H42ClN3O5/c1-9-17(2)26(34-30(39)40-31(6,7)8)29(38)35(23-16-19(23)4)27(21-13-14-24(36)20(5)15-21)28(37)33-25-18(3)11-10-12-22(25)32/h10-15,17,19,23,26-27,36H,9,16H2,1-8H3,(H,33,37)(H,34,39). The van der Waals surface area contributed by atoms with Gasteiger partial charge in [-0.05, 0) is 87.8 Å². The van der Waals surface area contributed by atoms with Crippen LogP contribution in [0.1, 0.15) is 77.1 Å². The topological polar surface area (TPSA) is 108 Å². The molecule has 5 unspecified atom stereocenters. The molecule has 8 nitrogen and oxygen atoms in total. The number of ether oxygens (including phenoxy) is 1. The summed E-state index contributed by atoms with van der Waals surface area (Å²) in [6, 6.07) is 8.07. The molecule has 3 amide bonds. The van der Waals surface area contributed by atoms with Gasteiger partial charge in [0.25, 0.3) is 5.91 Å². The van der Waals surface area contributed by atoms with Crippen LogP contribution in [0.25, 0.3) is 0 Å². The van der Waals surface area contributed by atoms with E-state index in [1.54, 1.807) is 56.9 Å². The van der Waals surface area contributed by atoms with Gasteiger partial charge in [0, 0.05) is 6.04 Å². The number of alkyl carbamates (subject to hydrolysis) is 1. The van der Waals surface area contributed by atoms with Gasteiger partial charge < -0.3 is 25.4 Å². The van der Waals surface area contributed by atoms with E-state index in [2.05, 4.69) is 10.6 Å². The number of halogens is 1. The largest absolute Gasteiger partial charge is 0.508 e. The summed E-state index contributed by atoms with van der Waals surface area (Å²) < 4.78 is 5.47. The minimum absolute atomic E-state index is 0.0894. The first-order valence-corrected chi connectivity index (χ1v) is 14.2. The average molecular weight is 572 g/mol. The number of para-hydroxylation sites is 1. The number of phenols is 1. The Morgan fingerprint density at radius 1 is 1.15 bits per heavy atom. The lowest BCUT2D eigenvalue weighted by Gasteiger charge is -2.36. The van der Waals surface area contributed by atoms with Crippen LogP contribution in [0.5, 0.6) is 5.75 Å². The summed E-state index contributed by atoms with van der Waals surface area (Å²) in [6.07, 6.45) is 0.647. The number of hydrogen-bond acceptors (Lipinski definition) is 5. The monoisotopic (exact) mass is 571 g/mol. The quantitative estimate of drug-likeness (QED) is 0.317. The lowest BCUT2D eigenvalue weighted by molar-refractivity contribution is -0.142. The van der Waals surface area contributed by atoms with Crippen molar-refractivity contribution in [2.75, 3.05) is 5.32 Å². The van der Waals surface area contributed by atoms with E-state index in [1.807, 2.05) is 33.8 Å². The summed E-state index contributed by atoms with van der Waals surface area (Å²) in [6.45, 7) is 14.7. The van der Waals surface area contributed by atoms with Crippen LogP contribution in [-0.4, -0.2) is 45.6 Å². The molecule has 0 aromatic heterocycles. The van der Waals surface area contributed by atoms with Crippen LogP contribution >= 0.6 is 11.6 Å². The van der Waals surface area contributed by atoms with E-state index in [1.165, 1.54) is 6.07 Å².